The Bertz CT molecular complexity index is 1400. The van der Waals surface area contributed by atoms with Gasteiger partial charge in [-0.15, -0.1) is 13.2 Å². The van der Waals surface area contributed by atoms with Gasteiger partial charge in [-0.1, -0.05) is 42.6 Å². The number of ketones is 1. The molecule has 1 saturated carbocycles. The van der Waals surface area contributed by atoms with Crippen molar-refractivity contribution in [3.05, 3.63) is 63.5 Å². The van der Waals surface area contributed by atoms with E-state index in [1.165, 1.54) is 24.3 Å². The number of hydrogen-bond donors (Lipinski definition) is 1. The molecule has 0 amide bonds. The zero-order valence-corrected chi connectivity index (χ0v) is 20.3. The first-order chi connectivity index (χ1) is 17.8. The number of hydrogen-bond acceptors (Lipinski definition) is 5. The molecule has 0 unspecified atom stereocenters. The molecule has 0 bridgehead atoms. The van der Waals surface area contributed by atoms with Crippen molar-refractivity contribution in [3.63, 3.8) is 0 Å². The van der Waals surface area contributed by atoms with Crippen LogP contribution in [0.2, 0.25) is 5.02 Å². The minimum absolute atomic E-state index is 0.000167. The van der Waals surface area contributed by atoms with Crippen molar-refractivity contribution in [1.82, 2.24) is 15.0 Å². The number of benzene rings is 2. The fourth-order valence-electron chi connectivity index (χ4n) is 4.58. The molecule has 3 aromatic rings. The van der Waals surface area contributed by atoms with E-state index in [0.29, 0.717) is 18.4 Å². The maximum absolute atomic E-state index is 13.7. The van der Waals surface area contributed by atoms with E-state index >= 15 is 0 Å². The zero-order chi connectivity index (χ0) is 27.7. The summed E-state index contributed by atoms with van der Waals surface area (Å²) in [6.07, 6.45) is -9.65. The molecule has 1 aliphatic rings. The summed E-state index contributed by atoms with van der Waals surface area (Å²) < 4.78 is 82.8. The van der Waals surface area contributed by atoms with E-state index in [-0.39, 0.29) is 53.5 Å². The first kappa shape index (κ1) is 27.6. The number of carbonyl (C=O) groups excluding carboxylic acids is 1. The van der Waals surface area contributed by atoms with Gasteiger partial charge < -0.3 is 4.74 Å². The monoisotopic (exact) mass is 559 g/mol. The number of Topliss-reactive ketones (excluding diaryl/α,β-unsaturated/α-hetero) is 1. The summed E-state index contributed by atoms with van der Waals surface area (Å²) in [6.45, 7) is 0. The second-order valence-electron chi connectivity index (χ2n) is 8.93. The topological polar surface area (TPSA) is 84.9 Å². The van der Waals surface area contributed by atoms with Crippen LogP contribution < -0.4 is 10.4 Å². The van der Waals surface area contributed by atoms with Gasteiger partial charge in [0, 0.05) is 17.5 Å². The SMILES string of the molecule is O=C(CCc1ccc(Cl)c(-c2nc(-c3cccc(OC(F)(F)F)c3)nc(=O)[nH]2)c1)C1(C(F)(F)F)CCCC1. The first-order valence-corrected chi connectivity index (χ1v) is 11.9. The van der Waals surface area contributed by atoms with Crippen molar-refractivity contribution >= 4 is 17.4 Å². The van der Waals surface area contributed by atoms with Crippen LogP contribution in [0, 0.1) is 5.41 Å². The van der Waals surface area contributed by atoms with Gasteiger partial charge in [-0.25, -0.2) is 9.78 Å². The third-order valence-corrected chi connectivity index (χ3v) is 6.77. The number of aryl methyl sites for hydroxylation is 1. The summed E-state index contributed by atoms with van der Waals surface area (Å²) >= 11 is 6.28. The van der Waals surface area contributed by atoms with Crippen molar-refractivity contribution in [2.75, 3.05) is 0 Å². The lowest BCUT2D eigenvalue weighted by atomic mass is 9.78. The molecule has 13 heteroatoms. The van der Waals surface area contributed by atoms with E-state index in [2.05, 4.69) is 19.7 Å². The van der Waals surface area contributed by atoms with Crippen LogP contribution in [0.15, 0.2) is 47.3 Å². The maximum atomic E-state index is 13.7. The van der Waals surface area contributed by atoms with Crippen molar-refractivity contribution in [2.45, 2.75) is 51.1 Å². The fourth-order valence-corrected chi connectivity index (χ4v) is 4.79. The van der Waals surface area contributed by atoms with E-state index in [9.17, 15) is 35.9 Å². The van der Waals surface area contributed by atoms with Gasteiger partial charge in [-0.3, -0.25) is 9.78 Å². The van der Waals surface area contributed by atoms with Gasteiger partial charge in [0.15, 0.2) is 5.82 Å². The second-order valence-corrected chi connectivity index (χ2v) is 9.33. The Labute approximate surface area is 217 Å². The highest BCUT2D eigenvalue weighted by Gasteiger charge is 2.59. The first-order valence-electron chi connectivity index (χ1n) is 11.5. The second kappa shape index (κ2) is 10.4. The van der Waals surface area contributed by atoms with E-state index in [1.54, 1.807) is 6.07 Å². The molecule has 1 N–H and O–H groups in total. The number of nitrogens with zero attached hydrogens (tertiary/aromatic N) is 2. The number of rotatable bonds is 7. The van der Waals surface area contributed by atoms with Crippen LogP contribution in [0.25, 0.3) is 22.8 Å². The van der Waals surface area contributed by atoms with Crippen LogP contribution >= 0.6 is 11.6 Å². The Morgan fingerprint density at radius 1 is 1.03 bits per heavy atom. The minimum Gasteiger partial charge on any atom is -0.406 e. The molecule has 4 rings (SSSR count). The normalized spacial score (nSPS) is 15.4. The van der Waals surface area contributed by atoms with Crippen LogP contribution in [0.1, 0.15) is 37.7 Å². The summed E-state index contributed by atoms with van der Waals surface area (Å²) in [4.78, 5) is 35.2. The van der Waals surface area contributed by atoms with Gasteiger partial charge in [0.2, 0.25) is 0 Å². The molecule has 6 nitrogen and oxygen atoms in total. The summed E-state index contributed by atoms with van der Waals surface area (Å²) in [6, 6.07) is 9.20. The molecule has 202 valence electrons. The Balaban J connectivity index is 1.60. The molecule has 0 atom stereocenters. The Hall–Kier alpha value is -3.41. The van der Waals surface area contributed by atoms with Crippen LogP contribution in [0.4, 0.5) is 26.3 Å². The molecule has 0 radical (unpaired) electrons. The number of halogens is 7. The molecule has 1 aromatic heterocycles. The fraction of sp³-hybridized carbons (Fsp3) is 0.360. The number of nitrogens with one attached hydrogen (secondary N) is 1. The molecule has 1 fully saturated rings. The molecule has 1 aliphatic carbocycles. The van der Waals surface area contributed by atoms with Gasteiger partial charge in [-0.05, 0) is 49.1 Å². The average Bonchev–Trinajstić information content (AvgIpc) is 3.34. The minimum atomic E-state index is -4.92. The smallest absolute Gasteiger partial charge is 0.406 e. The van der Waals surface area contributed by atoms with Gasteiger partial charge in [-0.2, -0.15) is 18.2 Å². The number of ether oxygens (including phenoxy) is 1. The standard InChI is InChI=1S/C25H20ClF6N3O3/c26-18-8-6-14(7-9-19(36)23(24(27,28)29)10-1-2-11-23)12-17(18)21-33-20(34-22(37)35-21)15-4-3-5-16(13-15)38-25(30,31)32/h3-6,8,12-13H,1-2,7,9-11H2,(H,33,34,35,37). The summed E-state index contributed by atoms with van der Waals surface area (Å²) in [5.41, 5.74) is -2.44. The predicted molar refractivity (Wildman–Crippen MR) is 126 cm³/mol. The number of aromatic amines is 1. The third kappa shape index (κ3) is 6.01. The van der Waals surface area contributed by atoms with E-state index in [4.69, 9.17) is 11.6 Å². The van der Waals surface area contributed by atoms with Crippen molar-refractivity contribution in [2.24, 2.45) is 5.41 Å². The highest BCUT2D eigenvalue weighted by atomic mass is 35.5. The van der Waals surface area contributed by atoms with Crippen molar-refractivity contribution in [1.29, 1.82) is 0 Å². The zero-order valence-electron chi connectivity index (χ0n) is 19.5. The van der Waals surface area contributed by atoms with E-state index < -0.39 is 35.2 Å². The van der Waals surface area contributed by atoms with E-state index in [0.717, 1.165) is 12.1 Å². The predicted octanol–water partition coefficient (Wildman–Crippen LogP) is 6.68. The average molecular weight is 560 g/mol. The van der Waals surface area contributed by atoms with Crippen LogP contribution in [0.5, 0.6) is 5.75 Å². The molecule has 2 aromatic carbocycles. The number of aromatic nitrogens is 3. The lowest BCUT2D eigenvalue weighted by molar-refractivity contribution is -0.274. The van der Waals surface area contributed by atoms with Crippen molar-refractivity contribution in [3.8, 4) is 28.5 Å². The highest BCUT2D eigenvalue weighted by molar-refractivity contribution is 6.33. The number of H-pyrrole nitrogens is 1. The Kier molecular flexibility index (Phi) is 7.55. The van der Waals surface area contributed by atoms with Crippen LogP contribution in [-0.4, -0.2) is 33.3 Å². The maximum Gasteiger partial charge on any atom is 0.573 e. The summed E-state index contributed by atoms with van der Waals surface area (Å²) in [5, 5.41) is 0.136. The van der Waals surface area contributed by atoms with Crippen molar-refractivity contribution < 1.29 is 35.9 Å². The van der Waals surface area contributed by atoms with Crippen LogP contribution in [0.3, 0.4) is 0 Å². The van der Waals surface area contributed by atoms with Gasteiger partial charge >= 0.3 is 18.2 Å². The van der Waals surface area contributed by atoms with Gasteiger partial charge in [0.1, 0.15) is 22.8 Å². The Morgan fingerprint density at radius 2 is 1.74 bits per heavy atom. The highest BCUT2D eigenvalue weighted by Crippen LogP contribution is 2.51. The molecule has 0 spiro atoms. The molecular weight excluding hydrogens is 540 g/mol. The molecule has 0 aliphatic heterocycles. The third-order valence-electron chi connectivity index (χ3n) is 6.44. The Morgan fingerprint density at radius 3 is 2.39 bits per heavy atom. The molecular formula is C25H20ClF6N3O3. The molecule has 38 heavy (non-hydrogen) atoms. The lowest BCUT2D eigenvalue weighted by Crippen LogP contribution is -2.42. The van der Waals surface area contributed by atoms with Crippen LogP contribution in [-0.2, 0) is 11.2 Å². The molecule has 0 saturated heterocycles. The van der Waals surface area contributed by atoms with E-state index in [1.807, 2.05) is 0 Å². The van der Waals surface area contributed by atoms with Gasteiger partial charge in [0.25, 0.3) is 0 Å². The largest absolute Gasteiger partial charge is 0.573 e. The van der Waals surface area contributed by atoms with Gasteiger partial charge in [0.05, 0.1) is 5.02 Å². The number of carbonyl (C=O) groups is 1. The lowest BCUT2D eigenvalue weighted by Gasteiger charge is -2.30. The summed E-state index contributed by atoms with van der Waals surface area (Å²) in [7, 11) is 0. The summed E-state index contributed by atoms with van der Waals surface area (Å²) in [5.74, 6) is -1.68. The quantitative estimate of drug-likeness (QED) is 0.327. The number of alkyl halides is 6. The molecule has 1 heterocycles.